The van der Waals surface area contributed by atoms with E-state index >= 15 is 0 Å². The second-order valence-electron chi connectivity index (χ2n) is 9.39. The molecule has 4 nitrogen and oxygen atoms in total. The first-order chi connectivity index (χ1) is 18.1. The number of benzene rings is 3. The fourth-order valence-corrected chi connectivity index (χ4v) is 4.76. The molecule has 2 aliphatic carbocycles. The number of allylic oxidation sites excluding steroid dienone is 5. The second-order valence-corrected chi connectivity index (χ2v) is 9.39. The molecule has 2 atom stereocenters. The zero-order valence-corrected chi connectivity index (χ0v) is 20.9. The van der Waals surface area contributed by atoms with Crippen LogP contribution in [-0.4, -0.2) is 17.9 Å². The molecule has 184 valence electrons. The van der Waals surface area contributed by atoms with Crippen molar-refractivity contribution in [3.63, 3.8) is 0 Å². The number of para-hydroxylation sites is 1. The van der Waals surface area contributed by atoms with Crippen LogP contribution in [0.4, 0.5) is 11.4 Å². The normalized spacial score (nSPS) is 18.2. The van der Waals surface area contributed by atoms with Gasteiger partial charge in [0.1, 0.15) is 0 Å². The van der Waals surface area contributed by atoms with Crippen LogP contribution in [0.3, 0.4) is 0 Å². The molecule has 37 heavy (non-hydrogen) atoms. The number of hydrogen-bond donors (Lipinski definition) is 0. The molecule has 0 fully saturated rings. The first-order valence-electron chi connectivity index (χ1n) is 12.7. The van der Waals surface area contributed by atoms with Crippen LogP contribution < -0.4 is 9.80 Å². The van der Waals surface area contributed by atoms with E-state index in [2.05, 4.69) is 25.2 Å². The Kier molecular flexibility index (Phi) is 7.27. The zero-order valence-electron chi connectivity index (χ0n) is 20.9. The van der Waals surface area contributed by atoms with Crippen molar-refractivity contribution in [3.05, 3.63) is 144 Å². The third-order valence-corrected chi connectivity index (χ3v) is 6.65. The number of hydrogen-bond acceptors (Lipinski definition) is 2. The maximum Gasteiger partial charge on any atom is 0.262 e. The summed E-state index contributed by atoms with van der Waals surface area (Å²) in [6.07, 6.45) is 16.0. The Bertz CT molecular complexity index is 1370. The molecule has 0 N–H and O–H groups in total. The van der Waals surface area contributed by atoms with E-state index in [1.54, 1.807) is 4.90 Å². The Morgan fingerprint density at radius 2 is 1.38 bits per heavy atom. The van der Waals surface area contributed by atoms with E-state index in [1.807, 2.05) is 114 Å². The lowest BCUT2D eigenvalue weighted by atomic mass is 10.00. The van der Waals surface area contributed by atoms with Crippen molar-refractivity contribution in [2.24, 2.45) is 5.92 Å². The number of rotatable bonds is 6. The van der Waals surface area contributed by atoms with Gasteiger partial charge in [-0.1, -0.05) is 79.8 Å². The molecule has 0 radical (unpaired) electrons. The number of carbonyl (C=O) groups excluding carboxylic acids is 2. The lowest BCUT2D eigenvalue weighted by Crippen LogP contribution is -2.39. The average Bonchev–Trinajstić information content (AvgIpc) is 2.95. The van der Waals surface area contributed by atoms with Crippen LogP contribution in [0.25, 0.3) is 0 Å². The molecule has 2 amide bonds. The van der Waals surface area contributed by atoms with Gasteiger partial charge in [0.2, 0.25) is 0 Å². The van der Waals surface area contributed by atoms with E-state index in [0.717, 1.165) is 29.9 Å². The van der Waals surface area contributed by atoms with Crippen molar-refractivity contribution in [1.29, 1.82) is 0 Å². The van der Waals surface area contributed by atoms with E-state index in [9.17, 15) is 9.59 Å². The molecule has 2 aliphatic rings. The summed E-state index contributed by atoms with van der Waals surface area (Å²) in [5.74, 6) is 0.183. The van der Waals surface area contributed by atoms with Crippen LogP contribution in [0, 0.1) is 5.92 Å². The summed E-state index contributed by atoms with van der Waals surface area (Å²) in [6.45, 7) is 2.15. The Hall–Kier alpha value is -4.44. The van der Waals surface area contributed by atoms with E-state index in [-0.39, 0.29) is 17.9 Å². The summed E-state index contributed by atoms with van der Waals surface area (Å²) >= 11 is 0. The molecule has 5 rings (SSSR count). The molecule has 0 spiro atoms. The van der Waals surface area contributed by atoms with Crippen LogP contribution in [0.15, 0.2) is 133 Å². The van der Waals surface area contributed by atoms with Gasteiger partial charge in [0.05, 0.1) is 6.04 Å². The summed E-state index contributed by atoms with van der Waals surface area (Å²) < 4.78 is 0. The lowest BCUT2D eigenvalue weighted by molar-refractivity contribution is 0.0978. The van der Waals surface area contributed by atoms with E-state index in [1.165, 1.54) is 0 Å². The predicted molar refractivity (Wildman–Crippen MR) is 151 cm³/mol. The maximum atomic E-state index is 13.8. The number of anilines is 2. The first-order valence-corrected chi connectivity index (χ1v) is 12.7. The highest BCUT2D eigenvalue weighted by atomic mass is 16.2. The van der Waals surface area contributed by atoms with E-state index in [4.69, 9.17) is 0 Å². The molecule has 0 aliphatic heterocycles. The molecule has 0 heterocycles. The molecule has 4 heteroatoms. The minimum absolute atomic E-state index is 0.0676. The van der Waals surface area contributed by atoms with Gasteiger partial charge >= 0.3 is 0 Å². The van der Waals surface area contributed by atoms with Gasteiger partial charge in [-0.25, -0.2) is 0 Å². The van der Waals surface area contributed by atoms with Crippen molar-refractivity contribution in [3.8, 4) is 0 Å². The lowest BCUT2D eigenvalue weighted by Gasteiger charge is -2.31. The van der Waals surface area contributed by atoms with Crippen LogP contribution in [0.1, 0.15) is 40.5 Å². The van der Waals surface area contributed by atoms with Gasteiger partial charge < -0.3 is 4.90 Å². The van der Waals surface area contributed by atoms with Gasteiger partial charge in [0.25, 0.3) is 11.8 Å². The minimum atomic E-state index is -0.107. The largest absolute Gasteiger partial charge is 0.301 e. The summed E-state index contributed by atoms with van der Waals surface area (Å²) in [7, 11) is 0. The Morgan fingerprint density at radius 1 is 0.703 bits per heavy atom. The van der Waals surface area contributed by atoms with Gasteiger partial charge in [0.15, 0.2) is 0 Å². The van der Waals surface area contributed by atoms with Crippen LogP contribution >= 0.6 is 0 Å². The number of amides is 2. The third kappa shape index (κ3) is 5.39. The molecule has 0 bridgehead atoms. The van der Waals surface area contributed by atoms with Gasteiger partial charge in [-0.05, 0) is 73.4 Å². The Labute approximate surface area is 218 Å². The predicted octanol–water partition coefficient (Wildman–Crippen LogP) is 7.34. The quantitative estimate of drug-likeness (QED) is 0.366. The van der Waals surface area contributed by atoms with Gasteiger partial charge in [-0.15, -0.1) is 0 Å². The maximum absolute atomic E-state index is 13.8. The molecular formula is C33H30N2O2. The summed E-state index contributed by atoms with van der Waals surface area (Å²) in [5.41, 5.74) is 3.64. The van der Waals surface area contributed by atoms with E-state index in [0.29, 0.717) is 17.0 Å². The molecular weight excluding hydrogens is 456 g/mol. The second kappa shape index (κ2) is 11.1. The van der Waals surface area contributed by atoms with Gasteiger partial charge in [-0.3, -0.25) is 14.5 Å². The monoisotopic (exact) mass is 486 g/mol. The molecule has 0 aromatic heterocycles. The summed E-state index contributed by atoms with van der Waals surface area (Å²) in [5, 5.41) is 0. The average molecular weight is 487 g/mol. The molecule has 2 unspecified atom stereocenters. The van der Waals surface area contributed by atoms with Gasteiger partial charge in [0, 0.05) is 28.2 Å². The molecule has 0 saturated heterocycles. The smallest absolute Gasteiger partial charge is 0.262 e. The number of carbonyl (C=O) groups is 2. The fourth-order valence-electron chi connectivity index (χ4n) is 4.76. The first kappa shape index (κ1) is 24.3. The van der Waals surface area contributed by atoms with Crippen molar-refractivity contribution in [1.82, 2.24) is 0 Å². The topological polar surface area (TPSA) is 40.6 Å². The summed E-state index contributed by atoms with van der Waals surface area (Å²) in [4.78, 5) is 31.0. The highest BCUT2D eigenvalue weighted by Crippen LogP contribution is 2.29. The fraction of sp³-hybridized carbons (Fsp3) is 0.152. The van der Waals surface area contributed by atoms with Crippen molar-refractivity contribution >= 4 is 23.2 Å². The highest BCUT2D eigenvalue weighted by Gasteiger charge is 2.26. The Morgan fingerprint density at radius 3 is 2.03 bits per heavy atom. The summed E-state index contributed by atoms with van der Waals surface area (Å²) in [6, 6.07) is 26.3. The molecule has 3 aromatic rings. The van der Waals surface area contributed by atoms with Crippen LogP contribution in [0.5, 0.6) is 0 Å². The third-order valence-electron chi connectivity index (χ3n) is 6.65. The Balaban J connectivity index is 1.48. The molecule has 0 saturated carbocycles. The number of nitrogens with zero attached hydrogens (tertiary/aromatic N) is 2. The zero-order chi connectivity index (χ0) is 25.6. The molecule has 3 aromatic carbocycles. The minimum Gasteiger partial charge on any atom is -0.301 e. The highest BCUT2D eigenvalue weighted by molar-refractivity contribution is 6.10. The van der Waals surface area contributed by atoms with Crippen molar-refractivity contribution in [2.75, 3.05) is 9.80 Å². The van der Waals surface area contributed by atoms with Crippen LogP contribution in [-0.2, 0) is 0 Å². The van der Waals surface area contributed by atoms with Crippen molar-refractivity contribution in [2.45, 2.75) is 25.8 Å². The van der Waals surface area contributed by atoms with Gasteiger partial charge in [-0.2, -0.15) is 0 Å². The SMILES string of the molecule is CC1C=C(N(C(=O)c2ccc(N(C(=O)c3ccccc3)C3C=CC=CC3)cc2)c2ccccc2)C=CC1. The standard InChI is InChI=1S/C33H30N2O2/c1-25-12-11-19-31(24-25)35(29-17-9-4-10-18-29)33(37)27-20-22-30(23-21-27)34(28-15-7-3-8-16-28)32(36)26-13-5-2-6-14-26/h2-11,13-15,17-25,28H,12,16H2,1H3. The van der Waals surface area contributed by atoms with Crippen LogP contribution in [0.2, 0.25) is 0 Å². The van der Waals surface area contributed by atoms with Crippen molar-refractivity contribution < 1.29 is 9.59 Å². The van der Waals surface area contributed by atoms with E-state index < -0.39 is 0 Å².